The summed E-state index contributed by atoms with van der Waals surface area (Å²) in [6, 6.07) is 9.93. The predicted molar refractivity (Wildman–Crippen MR) is 126 cm³/mol. The minimum Gasteiger partial charge on any atom is -0.495 e. The Morgan fingerprint density at radius 2 is 1.78 bits per heavy atom. The number of hydrogen-bond donors (Lipinski definition) is 0. The van der Waals surface area contributed by atoms with Crippen LogP contribution in [0, 0.1) is 12.8 Å². The average molecular weight is 474 g/mol. The second-order valence-corrected chi connectivity index (χ2v) is 11.1. The van der Waals surface area contributed by atoms with E-state index in [-0.39, 0.29) is 4.90 Å². The molecule has 1 fully saturated rings. The molecule has 0 radical (unpaired) electrons. The molecular weight excluding hydrogens is 446 g/mol. The van der Waals surface area contributed by atoms with E-state index in [1.165, 1.54) is 39.9 Å². The van der Waals surface area contributed by atoms with Crippen molar-refractivity contribution in [3.63, 3.8) is 0 Å². The highest BCUT2D eigenvalue weighted by atomic mass is 32.2. The number of aryl methyl sites for hydroxylation is 2. The van der Waals surface area contributed by atoms with Gasteiger partial charge in [0.25, 0.3) is 5.91 Å². The summed E-state index contributed by atoms with van der Waals surface area (Å²) in [5, 5.41) is 0. The molecule has 0 unspecified atom stereocenters. The second kappa shape index (κ2) is 8.80. The van der Waals surface area contributed by atoms with Crippen molar-refractivity contribution in [3.05, 3.63) is 52.3 Å². The Morgan fingerprint density at radius 1 is 1.12 bits per heavy atom. The van der Waals surface area contributed by atoms with E-state index in [2.05, 4.69) is 11.9 Å². The van der Waals surface area contributed by atoms with Crippen molar-refractivity contribution in [2.45, 2.75) is 31.6 Å². The minimum absolute atomic E-state index is 0.205. The van der Waals surface area contributed by atoms with Gasteiger partial charge in [-0.05, 0) is 61.6 Å². The number of carbonyl (C=O) groups excluding carboxylic acids is 1. The van der Waals surface area contributed by atoms with E-state index in [9.17, 15) is 13.2 Å². The Hall–Kier alpha value is -2.49. The van der Waals surface area contributed by atoms with Gasteiger partial charge in [-0.3, -0.25) is 4.79 Å². The molecule has 0 N–H and O–H groups in total. The van der Waals surface area contributed by atoms with Crippen LogP contribution >= 0.6 is 11.3 Å². The van der Waals surface area contributed by atoms with Gasteiger partial charge < -0.3 is 9.30 Å². The number of sulfonamides is 1. The molecule has 32 heavy (non-hydrogen) atoms. The zero-order valence-electron chi connectivity index (χ0n) is 18.7. The number of hydrogen-bond acceptors (Lipinski definition) is 5. The molecule has 7 nitrogen and oxygen atoms in total. The van der Waals surface area contributed by atoms with E-state index in [0.717, 1.165) is 34.4 Å². The summed E-state index contributed by atoms with van der Waals surface area (Å²) < 4.78 is 35.7. The highest BCUT2D eigenvalue weighted by Gasteiger charge is 2.28. The molecular formula is C23H27N3O4S2. The van der Waals surface area contributed by atoms with Gasteiger partial charge in [0.15, 0.2) is 4.80 Å². The van der Waals surface area contributed by atoms with Crippen molar-refractivity contribution in [1.82, 2.24) is 8.87 Å². The van der Waals surface area contributed by atoms with E-state index in [0.29, 0.717) is 29.4 Å². The topological polar surface area (TPSA) is 81.0 Å². The molecule has 3 aromatic rings. The molecule has 0 saturated carbocycles. The molecule has 1 aliphatic heterocycles. The van der Waals surface area contributed by atoms with Crippen LogP contribution in [-0.4, -0.2) is 43.4 Å². The van der Waals surface area contributed by atoms with Crippen molar-refractivity contribution in [1.29, 1.82) is 0 Å². The molecule has 0 bridgehead atoms. The Bertz CT molecular complexity index is 1330. The molecule has 0 aliphatic carbocycles. The summed E-state index contributed by atoms with van der Waals surface area (Å²) >= 11 is 1.42. The maximum atomic E-state index is 12.9. The largest absolute Gasteiger partial charge is 0.495 e. The van der Waals surface area contributed by atoms with Crippen molar-refractivity contribution in [2.24, 2.45) is 18.0 Å². The lowest BCUT2D eigenvalue weighted by Crippen LogP contribution is -2.37. The molecule has 170 valence electrons. The Kier molecular flexibility index (Phi) is 6.24. The van der Waals surface area contributed by atoms with Crippen LogP contribution in [0.25, 0.3) is 10.2 Å². The number of nitrogens with zero attached hydrogens (tertiary/aromatic N) is 3. The van der Waals surface area contributed by atoms with Crippen LogP contribution in [0.15, 0.2) is 46.3 Å². The molecule has 0 spiro atoms. The van der Waals surface area contributed by atoms with Gasteiger partial charge in [-0.15, -0.1) is 0 Å². The number of thiazole rings is 1. The fourth-order valence-electron chi connectivity index (χ4n) is 3.91. The molecule has 1 saturated heterocycles. The van der Waals surface area contributed by atoms with Crippen LogP contribution in [-0.2, 0) is 17.1 Å². The highest BCUT2D eigenvalue weighted by Crippen LogP contribution is 2.29. The Balaban J connectivity index is 1.63. The van der Waals surface area contributed by atoms with Gasteiger partial charge in [0.1, 0.15) is 11.3 Å². The fourth-order valence-corrected chi connectivity index (χ4v) is 6.49. The number of piperidine rings is 1. The first kappa shape index (κ1) is 22.7. The number of methoxy groups -OCH3 is 1. The van der Waals surface area contributed by atoms with Crippen LogP contribution in [0.2, 0.25) is 0 Å². The summed E-state index contributed by atoms with van der Waals surface area (Å²) in [5.41, 5.74) is 2.32. The van der Waals surface area contributed by atoms with E-state index in [1.807, 2.05) is 30.7 Å². The van der Waals surface area contributed by atoms with E-state index < -0.39 is 15.9 Å². The molecule has 0 atom stereocenters. The first-order valence-electron chi connectivity index (χ1n) is 10.5. The maximum absolute atomic E-state index is 12.9. The summed E-state index contributed by atoms with van der Waals surface area (Å²) in [6.07, 6.45) is 1.73. The number of ether oxygens (including phenoxy) is 1. The molecule has 1 aliphatic rings. The number of benzene rings is 2. The quantitative estimate of drug-likeness (QED) is 0.578. The smallest absolute Gasteiger partial charge is 0.279 e. The molecule has 1 aromatic heterocycles. The monoisotopic (exact) mass is 473 g/mol. The zero-order valence-corrected chi connectivity index (χ0v) is 20.3. The first-order valence-corrected chi connectivity index (χ1v) is 12.8. The van der Waals surface area contributed by atoms with Gasteiger partial charge in [0.2, 0.25) is 10.0 Å². The summed E-state index contributed by atoms with van der Waals surface area (Å²) in [6.45, 7) is 5.21. The standard InChI is InChI=1S/C23H27N3O4S2/c1-15-11-13-26(14-12-15)32(28,29)18-8-6-17(7-9-18)22(27)24-23-25(3)20-19(30-4)10-5-16(2)21(20)31-23/h5-10,15H,11-14H2,1-4H3. The minimum atomic E-state index is -3.55. The number of carbonyl (C=O) groups is 1. The highest BCUT2D eigenvalue weighted by molar-refractivity contribution is 7.89. The summed E-state index contributed by atoms with van der Waals surface area (Å²) in [4.78, 5) is 17.9. The number of fused-ring (bicyclic) bond motifs is 1. The molecule has 2 heterocycles. The lowest BCUT2D eigenvalue weighted by atomic mass is 10.0. The van der Waals surface area contributed by atoms with E-state index in [4.69, 9.17) is 4.74 Å². The van der Waals surface area contributed by atoms with Gasteiger partial charge in [0.05, 0.1) is 16.7 Å². The van der Waals surface area contributed by atoms with E-state index in [1.54, 1.807) is 7.11 Å². The lowest BCUT2D eigenvalue weighted by molar-refractivity contribution is 0.0998. The third-order valence-corrected chi connectivity index (χ3v) is 9.19. The summed E-state index contributed by atoms with van der Waals surface area (Å²) in [7, 11) is -0.0837. The first-order chi connectivity index (χ1) is 15.2. The number of aromatic nitrogens is 1. The van der Waals surface area contributed by atoms with Crippen molar-refractivity contribution >= 4 is 37.5 Å². The third-order valence-electron chi connectivity index (χ3n) is 6.01. The Labute approximate surface area is 192 Å². The number of amides is 1. The lowest BCUT2D eigenvalue weighted by Gasteiger charge is -2.29. The molecule has 9 heteroatoms. The molecule has 2 aromatic carbocycles. The van der Waals surface area contributed by atoms with Crippen LogP contribution in [0.5, 0.6) is 5.75 Å². The predicted octanol–water partition coefficient (Wildman–Crippen LogP) is 3.72. The summed E-state index contributed by atoms with van der Waals surface area (Å²) in [5.74, 6) is 0.849. The Morgan fingerprint density at radius 3 is 2.41 bits per heavy atom. The van der Waals surface area contributed by atoms with Crippen LogP contribution in [0.3, 0.4) is 0 Å². The molecule has 1 amide bonds. The normalized spacial score (nSPS) is 16.6. The van der Waals surface area contributed by atoms with Gasteiger partial charge in [-0.2, -0.15) is 9.30 Å². The van der Waals surface area contributed by atoms with Crippen molar-refractivity contribution < 1.29 is 17.9 Å². The van der Waals surface area contributed by atoms with Crippen molar-refractivity contribution in [3.8, 4) is 5.75 Å². The third kappa shape index (κ3) is 4.12. The average Bonchev–Trinajstić information content (AvgIpc) is 3.11. The second-order valence-electron chi connectivity index (χ2n) is 8.23. The van der Waals surface area contributed by atoms with Gasteiger partial charge in [-0.25, -0.2) is 8.42 Å². The van der Waals surface area contributed by atoms with Crippen LogP contribution in [0.1, 0.15) is 35.7 Å². The van der Waals surface area contributed by atoms with Crippen LogP contribution in [0.4, 0.5) is 0 Å². The SMILES string of the molecule is COc1ccc(C)c2sc(=NC(=O)c3ccc(S(=O)(=O)N4CCC(C)CC4)cc3)n(C)c12. The zero-order chi connectivity index (χ0) is 23.0. The maximum Gasteiger partial charge on any atom is 0.279 e. The van der Waals surface area contributed by atoms with Gasteiger partial charge >= 0.3 is 0 Å². The molecule has 4 rings (SSSR count). The number of rotatable bonds is 4. The van der Waals surface area contributed by atoms with Gasteiger partial charge in [0, 0.05) is 25.7 Å². The van der Waals surface area contributed by atoms with E-state index >= 15 is 0 Å². The van der Waals surface area contributed by atoms with Crippen LogP contribution < -0.4 is 9.54 Å². The fraction of sp³-hybridized carbons (Fsp3) is 0.391. The van der Waals surface area contributed by atoms with Crippen molar-refractivity contribution in [2.75, 3.05) is 20.2 Å². The van der Waals surface area contributed by atoms with Gasteiger partial charge in [-0.1, -0.05) is 24.3 Å².